The summed E-state index contributed by atoms with van der Waals surface area (Å²) >= 11 is 0. The second kappa shape index (κ2) is 4.64. The van der Waals surface area contributed by atoms with Gasteiger partial charge in [0.1, 0.15) is 5.82 Å². The Morgan fingerprint density at radius 2 is 2.15 bits per heavy atom. The van der Waals surface area contributed by atoms with Crippen LogP contribution in [0, 0.1) is 5.82 Å². The maximum absolute atomic E-state index is 12.8. The lowest BCUT2D eigenvalue weighted by Gasteiger charge is -2.01. The van der Waals surface area contributed by atoms with Crippen molar-refractivity contribution in [2.75, 3.05) is 5.43 Å². The third-order valence-corrected chi connectivity index (χ3v) is 1.37. The van der Waals surface area contributed by atoms with Crippen LogP contribution in [-0.2, 0) is 0 Å². The van der Waals surface area contributed by atoms with Gasteiger partial charge in [0.05, 0.1) is 11.3 Å². The Morgan fingerprint density at radius 1 is 1.54 bits per heavy atom. The predicted molar refractivity (Wildman–Crippen MR) is 48.4 cm³/mol. The van der Waals surface area contributed by atoms with E-state index in [9.17, 15) is 9.18 Å². The summed E-state index contributed by atoms with van der Waals surface area (Å²) in [6.45, 7) is 0. The number of benzene rings is 1. The molecule has 1 aromatic rings. The monoisotopic (exact) mass is 206 g/mol. The van der Waals surface area contributed by atoms with Crippen molar-refractivity contribution in [2.45, 2.75) is 0 Å². The number of anilines is 1. The molecule has 0 amide bonds. The molecule has 6 heteroatoms. The highest BCUT2D eigenvalue weighted by Gasteiger charge is 2.09. The van der Waals surface area contributed by atoms with Gasteiger partial charge >= 0.3 is 5.97 Å². The molecule has 0 aliphatic heterocycles. The summed E-state index contributed by atoms with van der Waals surface area (Å²) < 4.78 is 12.8. The second-order valence-electron chi connectivity index (χ2n) is 2.14. The Bertz CT molecular complexity index is 319. The Morgan fingerprint density at radius 3 is 2.54 bits per heavy atom. The van der Waals surface area contributed by atoms with Gasteiger partial charge < -0.3 is 10.5 Å². The molecule has 0 spiro atoms. The van der Waals surface area contributed by atoms with Crippen molar-refractivity contribution in [1.29, 1.82) is 0 Å². The molecular weight excluding hydrogens is 199 g/mol. The van der Waals surface area contributed by atoms with E-state index in [4.69, 9.17) is 10.9 Å². The van der Waals surface area contributed by atoms with E-state index < -0.39 is 11.8 Å². The smallest absolute Gasteiger partial charge is 0.338 e. The van der Waals surface area contributed by atoms with Crippen molar-refractivity contribution >= 4 is 24.1 Å². The van der Waals surface area contributed by atoms with Crippen LogP contribution >= 0.6 is 12.4 Å². The molecule has 0 saturated heterocycles. The normalized spacial score (nSPS) is 8.77. The first-order chi connectivity index (χ1) is 5.65. The molecule has 0 atom stereocenters. The van der Waals surface area contributed by atoms with Crippen molar-refractivity contribution in [1.82, 2.24) is 0 Å². The highest BCUT2D eigenvalue weighted by Crippen LogP contribution is 2.13. The Kier molecular flexibility index (Phi) is 4.16. The number of hydrogen-bond acceptors (Lipinski definition) is 3. The zero-order valence-corrected chi connectivity index (χ0v) is 7.27. The number of rotatable bonds is 2. The summed E-state index contributed by atoms with van der Waals surface area (Å²) in [5, 5.41) is 8.44. The summed E-state index contributed by atoms with van der Waals surface area (Å²) in [6.07, 6.45) is 0. The van der Waals surface area contributed by atoms with Crippen LogP contribution < -0.4 is 11.3 Å². The number of hydrogen-bond donors (Lipinski definition) is 3. The molecule has 0 aromatic heterocycles. The zero-order valence-electron chi connectivity index (χ0n) is 6.45. The highest BCUT2D eigenvalue weighted by molar-refractivity contribution is 5.88. The van der Waals surface area contributed by atoms with Crippen LogP contribution in [0.15, 0.2) is 18.2 Å². The van der Waals surface area contributed by atoms with Gasteiger partial charge in [-0.1, -0.05) is 0 Å². The molecule has 0 aliphatic carbocycles. The van der Waals surface area contributed by atoms with E-state index in [2.05, 4.69) is 5.43 Å². The summed E-state index contributed by atoms with van der Waals surface area (Å²) in [4.78, 5) is 10.3. The van der Waals surface area contributed by atoms with Crippen LogP contribution in [0.2, 0.25) is 0 Å². The van der Waals surface area contributed by atoms with Gasteiger partial charge in [-0.2, -0.15) is 0 Å². The lowest BCUT2D eigenvalue weighted by molar-refractivity contribution is 0.0692. The molecule has 4 N–H and O–H groups in total. The minimum atomic E-state index is -1.30. The fourth-order valence-electron chi connectivity index (χ4n) is 0.778. The molecule has 0 radical (unpaired) electrons. The van der Waals surface area contributed by atoms with Gasteiger partial charge in [-0.05, 0) is 18.2 Å². The van der Waals surface area contributed by atoms with E-state index >= 15 is 0 Å². The molecule has 13 heavy (non-hydrogen) atoms. The van der Waals surface area contributed by atoms with Gasteiger partial charge in [-0.25, -0.2) is 9.18 Å². The van der Waals surface area contributed by atoms with Crippen LogP contribution in [0.3, 0.4) is 0 Å². The molecule has 0 heterocycles. The Labute approximate surface area is 79.9 Å². The molecule has 0 fully saturated rings. The standard InChI is InChI=1S/C7H7FN2O2.ClH/c8-6-3-4(10-9)1-2-5(6)7(11)12;/h1-3,10H,9H2,(H,11,12);1H. The topological polar surface area (TPSA) is 75.3 Å². The zero-order chi connectivity index (χ0) is 9.14. The van der Waals surface area contributed by atoms with Crippen molar-refractivity contribution in [2.24, 2.45) is 5.84 Å². The molecule has 0 aliphatic rings. The van der Waals surface area contributed by atoms with Crippen molar-refractivity contribution < 1.29 is 14.3 Å². The molecule has 1 aromatic carbocycles. The first-order valence-electron chi connectivity index (χ1n) is 3.14. The first kappa shape index (κ1) is 11.7. The number of nitrogen functional groups attached to an aromatic ring is 1. The average Bonchev–Trinajstić information content (AvgIpc) is 2.03. The SMILES string of the molecule is Cl.NNc1ccc(C(=O)O)c(F)c1. The lowest BCUT2D eigenvalue weighted by atomic mass is 10.2. The minimum Gasteiger partial charge on any atom is -0.478 e. The van der Waals surface area contributed by atoms with Crippen molar-refractivity contribution in [3.63, 3.8) is 0 Å². The minimum absolute atomic E-state index is 0. The van der Waals surface area contributed by atoms with Gasteiger partial charge in [0.15, 0.2) is 0 Å². The average molecular weight is 207 g/mol. The second-order valence-corrected chi connectivity index (χ2v) is 2.14. The Hall–Kier alpha value is -1.33. The lowest BCUT2D eigenvalue weighted by Crippen LogP contribution is -2.08. The molecule has 0 bridgehead atoms. The van der Waals surface area contributed by atoms with Gasteiger partial charge in [0.25, 0.3) is 0 Å². The molecule has 0 saturated carbocycles. The number of aromatic carboxylic acids is 1. The largest absolute Gasteiger partial charge is 0.478 e. The number of halogens is 2. The number of hydrazine groups is 1. The van der Waals surface area contributed by atoms with E-state index in [0.717, 1.165) is 12.1 Å². The van der Waals surface area contributed by atoms with Crippen molar-refractivity contribution in [3.8, 4) is 0 Å². The first-order valence-corrected chi connectivity index (χ1v) is 3.14. The number of carboxylic acids is 1. The molecular formula is C7H8ClFN2O2. The van der Waals surface area contributed by atoms with Gasteiger partial charge in [-0.15, -0.1) is 12.4 Å². The highest BCUT2D eigenvalue weighted by atomic mass is 35.5. The van der Waals surface area contributed by atoms with E-state index in [1.165, 1.54) is 6.07 Å². The van der Waals surface area contributed by atoms with Gasteiger partial charge in [-0.3, -0.25) is 5.84 Å². The summed E-state index contributed by atoms with van der Waals surface area (Å²) in [5.74, 6) is 2.88. The van der Waals surface area contributed by atoms with E-state index in [1.807, 2.05) is 0 Å². The number of nitrogens with two attached hydrogens (primary N) is 1. The van der Waals surface area contributed by atoms with E-state index in [0.29, 0.717) is 5.69 Å². The van der Waals surface area contributed by atoms with Gasteiger partial charge in [0, 0.05) is 0 Å². The van der Waals surface area contributed by atoms with Crippen LogP contribution in [0.25, 0.3) is 0 Å². The predicted octanol–water partition coefficient (Wildman–Crippen LogP) is 1.23. The van der Waals surface area contributed by atoms with Crippen LogP contribution in [0.4, 0.5) is 10.1 Å². The van der Waals surface area contributed by atoms with E-state index in [1.54, 1.807) is 0 Å². The fraction of sp³-hybridized carbons (Fsp3) is 0. The molecule has 0 unspecified atom stereocenters. The summed E-state index contributed by atoms with van der Waals surface area (Å²) in [7, 11) is 0. The maximum Gasteiger partial charge on any atom is 0.338 e. The summed E-state index contributed by atoms with van der Waals surface area (Å²) in [5.41, 5.74) is 2.17. The third-order valence-electron chi connectivity index (χ3n) is 1.37. The maximum atomic E-state index is 12.8. The number of carbonyl (C=O) groups is 1. The molecule has 4 nitrogen and oxygen atoms in total. The summed E-state index contributed by atoms with van der Waals surface area (Å²) in [6, 6.07) is 3.54. The Balaban J connectivity index is 0.00000144. The van der Waals surface area contributed by atoms with E-state index in [-0.39, 0.29) is 18.0 Å². The van der Waals surface area contributed by atoms with Crippen LogP contribution in [0.5, 0.6) is 0 Å². The van der Waals surface area contributed by atoms with Crippen LogP contribution in [0.1, 0.15) is 10.4 Å². The quantitative estimate of drug-likeness (QED) is 0.503. The number of nitrogens with one attached hydrogen (secondary N) is 1. The molecule has 72 valence electrons. The van der Waals surface area contributed by atoms with Crippen LogP contribution in [-0.4, -0.2) is 11.1 Å². The third kappa shape index (κ3) is 2.57. The number of carboxylic acid groups (broad SMARTS) is 1. The van der Waals surface area contributed by atoms with Gasteiger partial charge in [0.2, 0.25) is 0 Å². The van der Waals surface area contributed by atoms with Crippen molar-refractivity contribution in [3.05, 3.63) is 29.6 Å². The fourth-order valence-corrected chi connectivity index (χ4v) is 0.778. The molecule has 1 rings (SSSR count).